The summed E-state index contributed by atoms with van der Waals surface area (Å²) in [6.45, 7) is 3.01. The molecule has 1 unspecified atom stereocenters. The van der Waals surface area contributed by atoms with Gasteiger partial charge in [0.15, 0.2) is 0 Å². The van der Waals surface area contributed by atoms with Crippen molar-refractivity contribution in [3.05, 3.63) is 60.7 Å². The first kappa shape index (κ1) is 24.3. The molecule has 1 aliphatic carbocycles. The van der Waals surface area contributed by atoms with Crippen molar-refractivity contribution in [1.82, 2.24) is 19.9 Å². The zero-order valence-corrected chi connectivity index (χ0v) is 21.2. The van der Waals surface area contributed by atoms with Gasteiger partial charge in [-0.3, -0.25) is 9.78 Å². The summed E-state index contributed by atoms with van der Waals surface area (Å²) in [7, 11) is 0. The molecule has 2 aliphatic rings. The molecule has 4 aromatic rings. The number of aromatic amines is 1. The number of aromatic nitrogens is 4. The van der Waals surface area contributed by atoms with E-state index in [9.17, 15) is 4.79 Å². The summed E-state index contributed by atoms with van der Waals surface area (Å²) in [4.78, 5) is 31.8. The molecule has 196 valence electrons. The van der Waals surface area contributed by atoms with E-state index in [0.717, 1.165) is 72.6 Å². The van der Waals surface area contributed by atoms with Crippen molar-refractivity contribution in [1.29, 1.82) is 0 Å². The van der Waals surface area contributed by atoms with Gasteiger partial charge in [0, 0.05) is 48.4 Å². The zero-order chi connectivity index (χ0) is 25.9. The molecule has 1 saturated carbocycles. The number of anilines is 3. The molecule has 10 nitrogen and oxygen atoms in total. The highest BCUT2D eigenvalue weighted by molar-refractivity contribution is 6.03. The van der Waals surface area contributed by atoms with Gasteiger partial charge < -0.3 is 31.0 Å². The van der Waals surface area contributed by atoms with E-state index in [-0.39, 0.29) is 11.9 Å². The normalized spacial score (nSPS) is 19.9. The lowest BCUT2D eigenvalue weighted by molar-refractivity contribution is 0.102. The minimum absolute atomic E-state index is 0.234. The molecule has 3 aromatic heterocycles. The zero-order valence-electron chi connectivity index (χ0n) is 21.2. The number of pyridine rings is 1. The summed E-state index contributed by atoms with van der Waals surface area (Å²) in [6.07, 6.45) is 7.47. The topological polar surface area (TPSA) is 134 Å². The quantitative estimate of drug-likeness (QED) is 0.307. The number of carbonyl (C=O) groups is 1. The number of morpholine rings is 1. The van der Waals surface area contributed by atoms with Gasteiger partial charge in [-0.15, -0.1) is 0 Å². The summed E-state index contributed by atoms with van der Waals surface area (Å²) in [5, 5.41) is 7.45. The number of nitrogens with two attached hydrogens (primary N) is 1. The van der Waals surface area contributed by atoms with Gasteiger partial charge in [0.05, 0.1) is 18.6 Å². The van der Waals surface area contributed by atoms with E-state index in [2.05, 4.69) is 41.5 Å². The first-order chi connectivity index (χ1) is 18.6. The minimum atomic E-state index is -0.252. The number of hydrogen-bond acceptors (Lipinski definition) is 8. The smallest absolute Gasteiger partial charge is 0.274 e. The van der Waals surface area contributed by atoms with Crippen molar-refractivity contribution < 1.29 is 9.53 Å². The van der Waals surface area contributed by atoms with Gasteiger partial charge in [-0.1, -0.05) is 12.1 Å². The molecule has 6 rings (SSSR count). The van der Waals surface area contributed by atoms with Crippen LogP contribution in [0.1, 0.15) is 36.2 Å². The summed E-state index contributed by atoms with van der Waals surface area (Å²) in [6, 6.07) is 14.0. The van der Waals surface area contributed by atoms with Crippen LogP contribution in [0.4, 0.5) is 17.2 Å². The van der Waals surface area contributed by atoms with Crippen molar-refractivity contribution >= 4 is 34.1 Å². The predicted molar refractivity (Wildman–Crippen MR) is 148 cm³/mol. The first-order valence-electron chi connectivity index (χ1n) is 13.2. The second-order valence-electron chi connectivity index (χ2n) is 9.97. The fourth-order valence-electron chi connectivity index (χ4n) is 5.28. The fraction of sp³-hybridized carbons (Fsp3) is 0.357. The Morgan fingerprint density at radius 2 is 1.87 bits per heavy atom. The number of H-pyrrole nitrogens is 1. The van der Waals surface area contributed by atoms with Crippen molar-refractivity contribution in [2.75, 3.05) is 41.8 Å². The number of fused-ring (bicyclic) bond motifs is 1. The highest BCUT2D eigenvalue weighted by Gasteiger charge is 2.20. The Bertz CT molecular complexity index is 1410. The van der Waals surface area contributed by atoms with Gasteiger partial charge in [0.25, 0.3) is 5.91 Å². The summed E-state index contributed by atoms with van der Waals surface area (Å²) >= 11 is 0. The molecule has 0 bridgehead atoms. The van der Waals surface area contributed by atoms with Crippen LogP contribution in [0.2, 0.25) is 0 Å². The Kier molecular flexibility index (Phi) is 6.89. The number of rotatable bonds is 6. The molecule has 4 heterocycles. The van der Waals surface area contributed by atoms with E-state index >= 15 is 0 Å². The lowest BCUT2D eigenvalue weighted by Gasteiger charge is -2.28. The highest BCUT2D eigenvalue weighted by Crippen LogP contribution is 2.30. The Hall–Kier alpha value is -4.02. The summed E-state index contributed by atoms with van der Waals surface area (Å²) < 4.78 is 5.48. The average Bonchev–Trinajstić information content (AvgIpc) is 3.39. The minimum Gasteiger partial charge on any atom is -0.382 e. The van der Waals surface area contributed by atoms with Crippen LogP contribution < -0.4 is 21.3 Å². The number of nitrogens with zero attached hydrogens (tertiary/aromatic N) is 4. The lowest BCUT2D eigenvalue weighted by atomic mass is 9.91. The molecular formula is C28H32N8O2. The second kappa shape index (κ2) is 10.8. The molecule has 1 aliphatic heterocycles. The molecular weight excluding hydrogens is 480 g/mol. The molecule has 5 N–H and O–H groups in total. The maximum Gasteiger partial charge on any atom is 0.274 e. The molecule has 10 heteroatoms. The van der Waals surface area contributed by atoms with E-state index in [1.54, 1.807) is 18.6 Å². The summed E-state index contributed by atoms with van der Waals surface area (Å²) in [5.41, 5.74) is 10.8. The number of ether oxygens (including phenoxy) is 1. The van der Waals surface area contributed by atoms with Crippen LogP contribution in [0, 0.1) is 0 Å². The van der Waals surface area contributed by atoms with Crippen LogP contribution in [0.15, 0.2) is 55.0 Å². The van der Waals surface area contributed by atoms with Crippen LogP contribution in [-0.2, 0) is 4.74 Å². The monoisotopic (exact) mass is 512 g/mol. The van der Waals surface area contributed by atoms with Crippen LogP contribution >= 0.6 is 0 Å². The third-order valence-corrected chi connectivity index (χ3v) is 7.25. The molecule has 38 heavy (non-hydrogen) atoms. The number of nitrogens with one attached hydrogen (secondary N) is 3. The van der Waals surface area contributed by atoms with Gasteiger partial charge in [-0.25, -0.2) is 9.97 Å². The van der Waals surface area contributed by atoms with E-state index in [1.807, 2.05) is 30.3 Å². The van der Waals surface area contributed by atoms with Gasteiger partial charge in [0.2, 0.25) is 0 Å². The number of carbonyl (C=O) groups excluding carboxylic acids is 1. The molecule has 0 spiro atoms. The Morgan fingerprint density at radius 3 is 2.68 bits per heavy atom. The molecule has 1 aromatic carbocycles. The van der Waals surface area contributed by atoms with Gasteiger partial charge in [0.1, 0.15) is 23.5 Å². The second-order valence-corrected chi connectivity index (χ2v) is 9.97. The molecule has 2 atom stereocenters. The molecule has 1 amide bonds. The SMILES string of the molecule is NC1CCC[C@H](Nc2ccnc(C(=O)Nc3ccc(-c4cc5c(N6CCOCC6)ncnc5[nH]4)cc3)c2)C1. The Balaban J connectivity index is 1.14. The number of hydrogen-bond donors (Lipinski definition) is 4. The van der Waals surface area contributed by atoms with Gasteiger partial charge in [-0.05, 0) is 61.6 Å². The van der Waals surface area contributed by atoms with Crippen molar-refractivity contribution in [2.24, 2.45) is 5.73 Å². The molecule has 2 fully saturated rings. The summed E-state index contributed by atoms with van der Waals surface area (Å²) in [5.74, 6) is 0.665. The van der Waals surface area contributed by atoms with Gasteiger partial charge >= 0.3 is 0 Å². The molecule has 0 radical (unpaired) electrons. The molecule has 1 saturated heterocycles. The van der Waals surface area contributed by atoms with Crippen LogP contribution in [-0.4, -0.2) is 64.2 Å². The van der Waals surface area contributed by atoms with Crippen LogP contribution in [0.3, 0.4) is 0 Å². The fourth-order valence-corrected chi connectivity index (χ4v) is 5.28. The Labute approximate surface area is 221 Å². The third-order valence-electron chi connectivity index (χ3n) is 7.25. The van der Waals surface area contributed by atoms with E-state index in [4.69, 9.17) is 10.5 Å². The maximum atomic E-state index is 12.9. The average molecular weight is 513 g/mol. The van der Waals surface area contributed by atoms with Gasteiger partial charge in [-0.2, -0.15) is 0 Å². The maximum absolute atomic E-state index is 12.9. The van der Waals surface area contributed by atoms with Crippen LogP contribution in [0.5, 0.6) is 0 Å². The predicted octanol–water partition coefficient (Wildman–Crippen LogP) is 3.79. The first-order valence-corrected chi connectivity index (χ1v) is 13.2. The van der Waals surface area contributed by atoms with Crippen molar-refractivity contribution in [3.63, 3.8) is 0 Å². The van der Waals surface area contributed by atoms with E-state index in [0.29, 0.717) is 30.6 Å². The number of benzene rings is 1. The van der Waals surface area contributed by atoms with Crippen molar-refractivity contribution in [2.45, 2.75) is 37.8 Å². The van der Waals surface area contributed by atoms with E-state index in [1.165, 1.54) is 0 Å². The van der Waals surface area contributed by atoms with Crippen molar-refractivity contribution in [3.8, 4) is 11.3 Å². The largest absolute Gasteiger partial charge is 0.382 e. The Morgan fingerprint density at radius 1 is 1.03 bits per heavy atom. The number of amides is 1. The standard InChI is InChI=1S/C28H32N8O2/c29-19-2-1-3-21(14-19)33-22-8-9-30-25(15-22)28(37)34-20-6-4-18(5-7-20)24-16-23-26(35-24)31-17-32-27(23)36-10-12-38-13-11-36/h4-9,15-17,19,21H,1-3,10-14,29H2,(H,30,33)(H,34,37)(H,31,32,35)/t19?,21-/m0/s1. The van der Waals surface area contributed by atoms with Crippen LogP contribution in [0.25, 0.3) is 22.3 Å². The van der Waals surface area contributed by atoms with E-state index < -0.39 is 0 Å². The lowest BCUT2D eigenvalue weighted by Crippen LogP contribution is -2.36. The highest BCUT2D eigenvalue weighted by atomic mass is 16.5. The third kappa shape index (κ3) is 5.32.